The van der Waals surface area contributed by atoms with Gasteiger partial charge in [0.25, 0.3) is 5.91 Å². The van der Waals surface area contributed by atoms with E-state index in [1.165, 1.54) is 16.2 Å². The van der Waals surface area contributed by atoms with Crippen molar-refractivity contribution in [3.05, 3.63) is 20.8 Å². The van der Waals surface area contributed by atoms with Gasteiger partial charge in [0, 0.05) is 35.4 Å². The second kappa shape index (κ2) is 4.88. The first-order valence-corrected chi connectivity index (χ1v) is 7.73. The van der Waals surface area contributed by atoms with Gasteiger partial charge >= 0.3 is 6.03 Å². The highest BCUT2D eigenvalue weighted by atomic mass is 79.9. The highest BCUT2D eigenvalue weighted by Gasteiger charge is 2.51. The number of amides is 3. The van der Waals surface area contributed by atoms with Crippen LogP contribution in [0.25, 0.3) is 0 Å². The third-order valence-electron chi connectivity index (χ3n) is 3.59. The third-order valence-corrected chi connectivity index (χ3v) is 5.50. The van der Waals surface area contributed by atoms with Crippen LogP contribution in [0.3, 0.4) is 0 Å². The van der Waals surface area contributed by atoms with E-state index in [0.29, 0.717) is 32.6 Å². The molecule has 1 aromatic rings. The predicted octanol–water partition coefficient (Wildman–Crippen LogP) is 2.11. The van der Waals surface area contributed by atoms with Gasteiger partial charge in [-0.3, -0.25) is 9.69 Å². The van der Waals surface area contributed by atoms with Crippen molar-refractivity contribution in [1.29, 1.82) is 0 Å². The van der Waals surface area contributed by atoms with Crippen LogP contribution in [0, 0.1) is 0 Å². The molecule has 0 bridgehead atoms. The first-order valence-electron chi connectivity index (χ1n) is 6.06. The Hall–Kier alpha value is -0.920. The van der Waals surface area contributed by atoms with Gasteiger partial charge in [-0.1, -0.05) is 0 Å². The maximum absolute atomic E-state index is 12.5. The van der Waals surface area contributed by atoms with E-state index in [9.17, 15) is 9.59 Å². The van der Waals surface area contributed by atoms with E-state index in [2.05, 4.69) is 21.2 Å². The maximum Gasteiger partial charge on any atom is 0.325 e. The van der Waals surface area contributed by atoms with Crippen LogP contribution < -0.4 is 5.32 Å². The van der Waals surface area contributed by atoms with Gasteiger partial charge in [-0.2, -0.15) is 0 Å². The number of nitrogens with zero attached hydrogens (tertiary/aromatic N) is 1. The van der Waals surface area contributed by atoms with Crippen molar-refractivity contribution in [2.75, 3.05) is 13.2 Å². The van der Waals surface area contributed by atoms with Crippen LogP contribution in [0.4, 0.5) is 4.79 Å². The van der Waals surface area contributed by atoms with Crippen molar-refractivity contribution < 1.29 is 14.3 Å². The zero-order chi connectivity index (χ0) is 13.5. The summed E-state index contributed by atoms with van der Waals surface area (Å²) in [5.74, 6) is -0.124. The van der Waals surface area contributed by atoms with Crippen LogP contribution >= 0.6 is 27.3 Å². The minimum absolute atomic E-state index is 0.124. The SMILES string of the molecule is O=C1NC2(CCOCC2)C(=O)N1Cc1sccc1Br. The lowest BCUT2D eigenvalue weighted by molar-refractivity contribution is -0.134. The number of carbonyl (C=O) groups is 2. The molecule has 3 amide bonds. The molecular formula is C12H13BrN2O3S. The van der Waals surface area contributed by atoms with E-state index < -0.39 is 5.54 Å². The molecule has 0 aromatic carbocycles. The molecule has 2 aliphatic rings. The number of halogens is 1. The first kappa shape index (κ1) is 13.1. The molecule has 3 rings (SSSR count). The molecule has 19 heavy (non-hydrogen) atoms. The summed E-state index contributed by atoms with van der Waals surface area (Å²) in [7, 11) is 0. The Morgan fingerprint density at radius 1 is 1.42 bits per heavy atom. The predicted molar refractivity (Wildman–Crippen MR) is 73.9 cm³/mol. The summed E-state index contributed by atoms with van der Waals surface area (Å²) in [5.41, 5.74) is -0.737. The van der Waals surface area contributed by atoms with E-state index in [1.807, 2.05) is 11.4 Å². The molecule has 3 heterocycles. The molecule has 2 saturated heterocycles. The van der Waals surface area contributed by atoms with Crippen molar-refractivity contribution in [2.24, 2.45) is 0 Å². The van der Waals surface area contributed by atoms with Crippen LogP contribution in [0.5, 0.6) is 0 Å². The van der Waals surface area contributed by atoms with Crippen LogP contribution in [0.2, 0.25) is 0 Å². The van der Waals surface area contributed by atoms with Gasteiger partial charge in [-0.15, -0.1) is 11.3 Å². The van der Waals surface area contributed by atoms with Crippen LogP contribution in [-0.4, -0.2) is 35.6 Å². The topological polar surface area (TPSA) is 58.6 Å². The standard InChI is InChI=1S/C12H13BrN2O3S/c13-8-1-6-19-9(8)7-15-10(16)12(14-11(15)17)2-4-18-5-3-12/h1,6H,2-5,7H2,(H,14,17). The summed E-state index contributed by atoms with van der Waals surface area (Å²) in [5, 5.41) is 4.78. The van der Waals surface area contributed by atoms with Crippen molar-refractivity contribution in [2.45, 2.75) is 24.9 Å². The van der Waals surface area contributed by atoms with Gasteiger partial charge in [0.15, 0.2) is 0 Å². The third kappa shape index (κ3) is 2.19. The Labute approximate surface area is 123 Å². The molecule has 5 nitrogen and oxygen atoms in total. The van der Waals surface area contributed by atoms with Crippen molar-refractivity contribution in [1.82, 2.24) is 10.2 Å². The molecule has 2 fully saturated rings. The van der Waals surface area contributed by atoms with Crippen LogP contribution in [0.1, 0.15) is 17.7 Å². The van der Waals surface area contributed by atoms with E-state index in [1.54, 1.807) is 0 Å². The lowest BCUT2D eigenvalue weighted by Crippen LogP contribution is -2.50. The van der Waals surface area contributed by atoms with Gasteiger partial charge in [0.1, 0.15) is 5.54 Å². The van der Waals surface area contributed by atoms with Gasteiger partial charge in [0.2, 0.25) is 0 Å². The second-order valence-electron chi connectivity index (χ2n) is 4.71. The normalized spacial score (nSPS) is 22.1. The Morgan fingerprint density at radius 3 is 2.79 bits per heavy atom. The van der Waals surface area contributed by atoms with E-state index in [0.717, 1.165) is 9.35 Å². The number of hydrogen-bond acceptors (Lipinski definition) is 4. The zero-order valence-corrected chi connectivity index (χ0v) is 12.6. The smallest absolute Gasteiger partial charge is 0.325 e. The molecular weight excluding hydrogens is 332 g/mol. The average Bonchev–Trinajstić information content (AvgIpc) is 2.89. The van der Waals surface area contributed by atoms with Crippen LogP contribution in [0.15, 0.2) is 15.9 Å². The average molecular weight is 345 g/mol. The van der Waals surface area contributed by atoms with Crippen LogP contribution in [-0.2, 0) is 16.1 Å². The first-order chi connectivity index (χ1) is 9.12. The van der Waals surface area contributed by atoms with E-state index >= 15 is 0 Å². The van der Waals surface area contributed by atoms with Gasteiger partial charge in [-0.25, -0.2) is 4.79 Å². The molecule has 1 N–H and O–H groups in total. The minimum atomic E-state index is -0.737. The molecule has 0 aliphatic carbocycles. The minimum Gasteiger partial charge on any atom is -0.381 e. The monoisotopic (exact) mass is 344 g/mol. The number of nitrogens with one attached hydrogen (secondary N) is 1. The van der Waals surface area contributed by atoms with Gasteiger partial charge in [0.05, 0.1) is 6.54 Å². The molecule has 0 saturated carbocycles. The molecule has 0 atom stereocenters. The summed E-state index contributed by atoms with van der Waals surface area (Å²) in [6.07, 6.45) is 1.11. The Balaban J connectivity index is 1.81. The summed E-state index contributed by atoms with van der Waals surface area (Å²) in [4.78, 5) is 26.8. The highest BCUT2D eigenvalue weighted by Crippen LogP contribution is 2.31. The van der Waals surface area contributed by atoms with E-state index in [4.69, 9.17) is 4.74 Å². The molecule has 1 spiro atoms. The Bertz CT molecular complexity index is 525. The summed E-state index contributed by atoms with van der Waals surface area (Å²) in [6.45, 7) is 1.36. The second-order valence-corrected chi connectivity index (χ2v) is 6.56. The number of ether oxygens (including phenoxy) is 1. The quantitative estimate of drug-likeness (QED) is 0.836. The van der Waals surface area contributed by atoms with E-state index in [-0.39, 0.29) is 11.9 Å². The largest absolute Gasteiger partial charge is 0.381 e. The molecule has 0 unspecified atom stereocenters. The number of urea groups is 1. The Kier molecular flexibility index (Phi) is 3.36. The fourth-order valence-corrected chi connectivity index (χ4v) is 3.93. The summed E-state index contributed by atoms with van der Waals surface area (Å²) >= 11 is 4.95. The van der Waals surface area contributed by atoms with Crippen molar-refractivity contribution in [3.63, 3.8) is 0 Å². The number of hydrogen-bond donors (Lipinski definition) is 1. The number of rotatable bonds is 2. The fourth-order valence-electron chi connectivity index (χ4n) is 2.46. The molecule has 1 aromatic heterocycles. The van der Waals surface area contributed by atoms with Gasteiger partial charge in [-0.05, 0) is 27.4 Å². The van der Waals surface area contributed by atoms with Crippen molar-refractivity contribution >= 4 is 39.2 Å². The molecule has 102 valence electrons. The molecule has 0 radical (unpaired) electrons. The van der Waals surface area contributed by atoms with Crippen molar-refractivity contribution in [3.8, 4) is 0 Å². The summed E-state index contributed by atoms with van der Waals surface area (Å²) in [6, 6.07) is 1.62. The Morgan fingerprint density at radius 2 is 2.16 bits per heavy atom. The van der Waals surface area contributed by atoms with Gasteiger partial charge < -0.3 is 10.1 Å². The number of thiophene rings is 1. The fraction of sp³-hybridized carbons (Fsp3) is 0.500. The lowest BCUT2D eigenvalue weighted by Gasteiger charge is -2.30. The zero-order valence-electron chi connectivity index (χ0n) is 10.1. The highest BCUT2D eigenvalue weighted by molar-refractivity contribution is 9.10. The lowest BCUT2D eigenvalue weighted by atomic mass is 9.90. The number of imide groups is 1. The molecule has 7 heteroatoms. The maximum atomic E-state index is 12.5. The molecule has 2 aliphatic heterocycles. The summed E-state index contributed by atoms with van der Waals surface area (Å²) < 4.78 is 6.21. The number of carbonyl (C=O) groups excluding carboxylic acids is 2.